The summed E-state index contributed by atoms with van der Waals surface area (Å²) in [6.07, 6.45) is 0.0362. The van der Waals surface area contributed by atoms with Gasteiger partial charge in [-0.15, -0.1) is 0 Å². The molecule has 4 rings (SSSR count). The van der Waals surface area contributed by atoms with E-state index in [-0.39, 0.29) is 43.8 Å². The Labute approximate surface area is 601 Å². The number of amides is 14. The summed E-state index contributed by atoms with van der Waals surface area (Å²) in [6.45, 7) is 0.964. The summed E-state index contributed by atoms with van der Waals surface area (Å²) in [6, 6.07) is 7.39. The van der Waals surface area contributed by atoms with Gasteiger partial charge in [-0.2, -0.15) is 11.8 Å². The van der Waals surface area contributed by atoms with Crippen LogP contribution in [0.25, 0.3) is 10.9 Å². The molecule has 0 saturated carbocycles. The summed E-state index contributed by atoms with van der Waals surface area (Å²) in [5.41, 5.74) is 19.9. The van der Waals surface area contributed by atoms with Gasteiger partial charge in [0.15, 0.2) is 0 Å². The SMILES string of the molecule is CSCC[C@H](NC(=O)[C@H](Cc1ccccc1)NC(=O)[C@H](C)NC(=O)CNC(=O)[C@H](CC(C)C)NC(=O)[C@H](CO)NC(=O)[C@H](Cc1ccccc1)NC(=O)[C@@H](N)Cc1c[nH]c2ccccc12)C(=O)N[C@@H](CCC(N)=O)C(=O)N[C@@H](CCC(N)=O)C(=O)NCC(=O)N[C@@H](CO)C(=O)N[C@@H](CC(=O)O)C(=O)O. The monoisotopic (exact) mass is 1470 g/mol. The first-order valence-corrected chi connectivity index (χ1v) is 34.4. The van der Waals surface area contributed by atoms with Crippen LogP contribution in [0.2, 0.25) is 0 Å². The number of aliphatic hydroxyl groups is 2. The van der Waals surface area contributed by atoms with E-state index in [1.54, 1.807) is 87.0 Å². The van der Waals surface area contributed by atoms with Crippen molar-refractivity contribution in [3.05, 3.63) is 108 Å². The van der Waals surface area contributed by atoms with Crippen LogP contribution in [0.4, 0.5) is 0 Å². The highest BCUT2D eigenvalue weighted by atomic mass is 32.2. The molecule has 0 bridgehead atoms. The van der Waals surface area contributed by atoms with E-state index < -0.39 is 220 Å². The van der Waals surface area contributed by atoms with E-state index in [1.165, 1.54) is 18.7 Å². The van der Waals surface area contributed by atoms with Gasteiger partial charge in [-0.1, -0.05) is 92.7 Å². The van der Waals surface area contributed by atoms with Crippen molar-refractivity contribution in [1.82, 2.24) is 68.8 Å². The molecule has 36 nitrogen and oxygen atoms in total. The molecular formula is C67H92N16O20S. The molecule has 14 amide bonds. The highest BCUT2D eigenvalue weighted by Crippen LogP contribution is 2.19. The van der Waals surface area contributed by atoms with E-state index in [9.17, 15) is 92.0 Å². The summed E-state index contributed by atoms with van der Waals surface area (Å²) in [4.78, 5) is 214. The van der Waals surface area contributed by atoms with Crippen LogP contribution in [0.3, 0.4) is 0 Å². The molecule has 4 aromatic rings. The molecule has 0 aliphatic carbocycles. The Morgan fingerprint density at radius 2 is 0.856 bits per heavy atom. The molecule has 3 aromatic carbocycles. The number of fused-ring (bicyclic) bond motifs is 1. The van der Waals surface area contributed by atoms with Gasteiger partial charge in [0.1, 0.15) is 60.4 Å². The fourth-order valence-corrected chi connectivity index (χ4v) is 10.7. The number of carbonyl (C=O) groups excluding carboxylic acids is 14. The number of primary amides is 2. The van der Waals surface area contributed by atoms with Crippen LogP contribution < -0.4 is 81.0 Å². The topological polar surface area (TPSA) is 592 Å². The van der Waals surface area contributed by atoms with Gasteiger partial charge in [0, 0.05) is 42.8 Å². The average Bonchev–Trinajstić information content (AvgIpc) is 1.64. The molecule has 104 heavy (non-hydrogen) atoms. The summed E-state index contributed by atoms with van der Waals surface area (Å²) in [5.74, 6) is -17.2. The molecule has 11 atom stereocenters. The minimum atomic E-state index is -1.95. The van der Waals surface area contributed by atoms with E-state index >= 15 is 0 Å². The average molecular weight is 1470 g/mol. The number of hydrogen-bond donors (Lipinski definition) is 20. The fraction of sp³-hybridized carbons (Fsp3) is 0.463. The third-order valence-corrected chi connectivity index (χ3v) is 16.4. The zero-order valence-corrected chi connectivity index (χ0v) is 58.5. The molecule has 0 aliphatic heterocycles. The Hall–Kier alpha value is -11.0. The molecular weight excluding hydrogens is 1380 g/mol. The minimum absolute atomic E-state index is 0.00222. The van der Waals surface area contributed by atoms with Crippen molar-refractivity contribution in [3.63, 3.8) is 0 Å². The lowest BCUT2D eigenvalue weighted by Gasteiger charge is -2.27. The zero-order valence-electron chi connectivity index (χ0n) is 57.7. The van der Waals surface area contributed by atoms with Crippen molar-refractivity contribution in [2.45, 2.75) is 151 Å². The number of carboxylic acids is 2. The summed E-state index contributed by atoms with van der Waals surface area (Å²) in [7, 11) is 0. The Morgan fingerprint density at radius 3 is 1.34 bits per heavy atom. The number of carbonyl (C=O) groups is 16. The first-order valence-electron chi connectivity index (χ1n) is 33.0. The van der Waals surface area contributed by atoms with Crippen LogP contribution in [0.1, 0.15) is 82.4 Å². The summed E-state index contributed by atoms with van der Waals surface area (Å²) in [5, 5.41) is 67.7. The minimum Gasteiger partial charge on any atom is -0.481 e. The molecule has 566 valence electrons. The maximum Gasteiger partial charge on any atom is 0.326 e. The number of aliphatic hydroxyl groups excluding tert-OH is 2. The Morgan fingerprint density at radius 1 is 0.452 bits per heavy atom. The lowest BCUT2D eigenvalue weighted by atomic mass is 10.0. The second-order valence-electron chi connectivity index (χ2n) is 24.6. The predicted octanol–water partition coefficient (Wildman–Crippen LogP) is -5.50. The lowest BCUT2D eigenvalue weighted by Crippen LogP contribution is -2.60. The van der Waals surface area contributed by atoms with Gasteiger partial charge < -0.3 is 106 Å². The van der Waals surface area contributed by atoms with E-state index in [4.69, 9.17) is 22.3 Å². The molecule has 0 saturated heterocycles. The van der Waals surface area contributed by atoms with E-state index in [2.05, 4.69) is 58.2 Å². The number of aromatic amines is 1. The summed E-state index contributed by atoms with van der Waals surface area (Å²) < 4.78 is 0. The second kappa shape index (κ2) is 43.7. The number of para-hydroxylation sites is 1. The molecule has 0 fully saturated rings. The van der Waals surface area contributed by atoms with Gasteiger partial charge in [-0.3, -0.25) is 71.9 Å². The standard InChI is InChI=1S/C67H92N16O20S/c1-35(2)25-46(81-66(101)51(34-85)83-64(99)48(27-38-15-9-6-10-16-38)80-58(93)41(68)28-39-30-71-42-18-12-11-17-40(39)42)60(95)73-31-54(88)74-36(3)57(92)79-47(26-37-13-7-5-8-14-37)63(98)78-45(23-24-104-4)62(97)77-44(20-22-53(70)87)61(96)76-43(19-21-52(69)86)59(94)72-32-55(89)75-50(33-84)65(100)82-49(67(102)103)29-56(90)91/h5-18,30,35-36,41,43-51,71,84-85H,19-29,31-34,68H2,1-4H3,(H2,69,86)(H2,70,87)(H,72,94)(H,73,95)(H,74,88)(H,75,89)(H,76,96)(H,77,97)(H,78,98)(H,79,92)(H,80,93)(H,81,101)(H,82,100)(H,83,99)(H,90,91)(H,102,103)/t36-,41-,43-,44-,45-,46-,47-,48-,49-,50-,51-/m0/s1. The number of aliphatic carboxylic acids is 2. The van der Waals surface area contributed by atoms with Crippen molar-refractivity contribution in [2.75, 3.05) is 38.3 Å². The third-order valence-electron chi connectivity index (χ3n) is 15.8. The van der Waals surface area contributed by atoms with Crippen LogP contribution in [0.15, 0.2) is 91.1 Å². The predicted molar refractivity (Wildman–Crippen MR) is 375 cm³/mol. The van der Waals surface area contributed by atoms with E-state index in [1.807, 2.05) is 34.9 Å². The van der Waals surface area contributed by atoms with Crippen molar-refractivity contribution in [3.8, 4) is 0 Å². The molecule has 0 radical (unpaired) electrons. The first-order chi connectivity index (χ1) is 49.3. The normalized spacial score (nSPS) is 14.2. The third kappa shape index (κ3) is 29.9. The van der Waals surface area contributed by atoms with Crippen molar-refractivity contribution < 1.29 is 97.1 Å². The fourth-order valence-electron chi connectivity index (χ4n) is 10.2. The van der Waals surface area contributed by atoms with Crippen LogP contribution in [-0.2, 0) is 96.0 Å². The van der Waals surface area contributed by atoms with Crippen LogP contribution in [0, 0.1) is 5.92 Å². The van der Waals surface area contributed by atoms with E-state index in [0.717, 1.165) is 16.5 Å². The molecule has 37 heteroatoms. The van der Waals surface area contributed by atoms with Gasteiger partial charge in [-0.25, -0.2) is 4.79 Å². The quantitative estimate of drug-likeness (QED) is 0.0196. The first kappa shape index (κ1) is 85.4. The largest absolute Gasteiger partial charge is 0.481 e. The number of thioether (sulfide) groups is 1. The van der Waals surface area contributed by atoms with Gasteiger partial charge in [-0.05, 0) is 79.7 Å². The van der Waals surface area contributed by atoms with Gasteiger partial charge in [0.05, 0.1) is 38.8 Å². The highest BCUT2D eigenvalue weighted by molar-refractivity contribution is 7.98. The number of nitrogens with one attached hydrogen (secondary N) is 13. The maximum atomic E-state index is 14.4. The molecule has 0 spiro atoms. The Bertz CT molecular complexity index is 3660. The number of hydrogen-bond acceptors (Lipinski definition) is 20. The Balaban J connectivity index is 1.43. The smallest absolute Gasteiger partial charge is 0.326 e. The maximum absolute atomic E-state index is 14.4. The molecule has 0 aliphatic rings. The number of nitrogens with two attached hydrogens (primary N) is 3. The number of benzene rings is 3. The number of aromatic nitrogens is 1. The number of carboxylic acid groups (broad SMARTS) is 2. The van der Waals surface area contributed by atoms with Crippen molar-refractivity contribution >= 4 is 117 Å². The van der Waals surface area contributed by atoms with Crippen LogP contribution in [-0.4, -0.2) is 225 Å². The zero-order chi connectivity index (χ0) is 77.2. The van der Waals surface area contributed by atoms with Crippen molar-refractivity contribution in [1.29, 1.82) is 0 Å². The van der Waals surface area contributed by atoms with Gasteiger partial charge in [0.25, 0.3) is 0 Å². The Kier molecular flexibility index (Phi) is 35.9. The van der Waals surface area contributed by atoms with Gasteiger partial charge >= 0.3 is 11.9 Å². The van der Waals surface area contributed by atoms with Crippen LogP contribution in [0.5, 0.6) is 0 Å². The lowest BCUT2D eigenvalue weighted by molar-refractivity contribution is -0.147. The molecule has 1 heterocycles. The molecule has 23 N–H and O–H groups in total. The van der Waals surface area contributed by atoms with Crippen molar-refractivity contribution in [2.24, 2.45) is 23.1 Å². The summed E-state index contributed by atoms with van der Waals surface area (Å²) >= 11 is 1.25. The second-order valence-corrected chi connectivity index (χ2v) is 25.6. The van der Waals surface area contributed by atoms with E-state index in [0.29, 0.717) is 11.1 Å². The number of rotatable bonds is 46. The van der Waals surface area contributed by atoms with Gasteiger partial charge in [0.2, 0.25) is 82.7 Å². The molecule has 1 aromatic heterocycles. The van der Waals surface area contributed by atoms with Crippen LogP contribution >= 0.6 is 11.8 Å². The number of H-pyrrole nitrogens is 1. The highest BCUT2D eigenvalue weighted by Gasteiger charge is 2.36. The molecule has 0 unspecified atom stereocenters.